The molecule has 0 aliphatic carbocycles. The van der Waals surface area contributed by atoms with Crippen molar-refractivity contribution in [3.8, 4) is 0 Å². The van der Waals surface area contributed by atoms with Crippen molar-refractivity contribution >= 4 is 28.7 Å². The number of nitrogens with one attached hydrogen (secondary N) is 1. The Morgan fingerprint density at radius 1 is 1.39 bits per heavy atom. The van der Waals surface area contributed by atoms with Gasteiger partial charge in [0.05, 0.1) is 15.9 Å². The third-order valence-corrected chi connectivity index (χ3v) is 3.98. The third-order valence-electron chi connectivity index (χ3n) is 3.07. The molecule has 2 aromatic rings. The molecule has 6 nitrogen and oxygen atoms in total. The fraction of sp³-hybridized carbons (Fsp3) is 0.200. The van der Waals surface area contributed by atoms with E-state index < -0.39 is 28.4 Å². The molecular formula is C15H13FN2O4S. The Hall–Kier alpha value is -2.61. The number of thiophene rings is 1. The Bertz CT molecular complexity index is 746. The lowest BCUT2D eigenvalue weighted by molar-refractivity contribution is -0.385. The number of hydrogen-bond donors (Lipinski definition) is 1. The second-order valence-corrected chi connectivity index (χ2v) is 5.85. The molecular weight excluding hydrogens is 323 g/mol. The predicted octanol–water partition coefficient (Wildman–Crippen LogP) is 3.19. The van der Waals surface area contributed by atoms with Crippen molar-refractivity contribution in [2.75, 3.05) is 0 Å². The summed E-state index contributed by atoms with van der Waals surface area (Å²) in [7, 11) is 0. The molecule has 1 heterocycles. The van der Waals surface area contributed by atoms with Crippen LogP contribution in [0.4, 0.5) is 10.1 Å². The number of halogens is 1. The molecule has 23 heavy (non-hydrogen) atoms. The molecule has 1 aromatic heterocycles. The van der Waals surface area contributed by atoms with Crippen LogP contribution in [0.25, 0.3) is 0 Å². The molecule has 1 atom stereocenters. The van der Waals surface area contributed by atoms with E-state index in [0.29, 0.717) is 10.9 Å². The average Bonchev–Trinajstić information content (AvgIpc) is 3.00. The highest BCUT2D eigenvalue weighted by atomic mass is 32.1. The van der Waals surface area contributed by atoms with Gasteiger partial charge in [0.25, 0.3) is 11.6 Å². The topological polar surface area (TPSA) is 89.3 Å². The predicted molar refractivity (Wildman–Crippen MR) is 83.2 cm³/mol. The molecule has 0 saturated carbocycles. The zero-order chi connectivity index (χ0) is 17.0. The van der Waals surface area contributed by atoms with E-state index in [4.69, 9.17) is 0 Å². The summed E-state index contributed by atoms with van der Waals surface area (Å²) < 4.78 is 13.1. The highest BCUT2D eigenvalue weighted by molar-refractivity contribution is 7.12. The summed E-state index contributed by atoms with van der Waals surface area (Å²) in [5.41, 5.74) is -0.855. The van der Waals surface area contributed by atoms with Gasteiger partial charge in [-0.2, -0.15) is 0 Å². The fourth-order valence-electron chi connectivity index (χ4n) is 2.02. The van der Waals surface area contributed by atoms with Crippen LogP contribution in [0.2, 0.25) is 0 Å². The van der Waals surface area contributed by atoms with Crippen molar-refractivity contribution < 1.29 is 18.9 Å². The molecule has 0 radical (unpaired) electrons. The fourth-order valence-corrected chi connectivity index (χ4v) is 2.69. The lowest BCUT2D eigenvalue weighted by atomic mass is 10.1. The summed E-state index contributed by atoms with van der Waals surface area (Å²) in [5.74, 6) is -1.64. The van der Waals surface area contributed by atoms with Crippen molar-refractivity contribution in [2.24, 2.45) is 0 Å². The van der Waals surface area contributed by atoms with E-state index in [1.54, 1.807) is 24.4 Å². The molecule has 0 unspecified atom stereocenters. The number of carbonyl (C=O) groups excluding carboxylic acids is 2. The maximum absolute atomic E-state index is 13.1. The van der Waals surface area contributed by atoms with Crippen LogP contribution in [0.15, 0.2) is 35.7 Å². The number of nitro groups is 1. The monoisotopic (exact) mass is 336 g/mol. The lowest BCUT2D eigenvalue weighted by Gasteiger charge is -2.13. The summed E-state index contributed by atoms with van der Waals surface area (Å²) in [6.07, 6.45) is 0.0707. The van der Waals surface area contributed by atoms with E-state index in [2.05, 4.69) is 5.32 Å². The SMILES string of the molecule is C[C@@H](CC(=O)c1cccs1)NC(=O)c1ccc(F)cc1[N+](=O)[O-]. The summed E-state index contributed by atoms with van der Waals surface area (Å²) in [6.45, 7) is 1.62. The van der Waals surface area contributed by atoms with Crippen LogP contribution < -0.4 is 5.32 Å². The van der Waals surface area contributed by atoms with Gasteiger partial charge in [0, 0.05) is 12.5 Å². The summed E-state index contributed by atoms with van der Waals surface area (Å²) in [5, 5.41) is 15.2. The minimum atomic E-state index is -0.820. The Balaban J connectivity index is 2.07. The van der Waals surface area contributed by atoms with Gasteiger partial charge < -0.3 is 5.32 Å². The quantitative estimate of drug-likeness (QED) is 0.498. The standard InChI is InChI=1S/C15H13FN2O4S/c1-9(7-13(19)14-3-2-6-23-14)17-15(20)11-5-4-10(16)8-12(11)18(21)22/h2-6,8-9H,7H2,1H3,(H,17,20)/t9-/m0/s1. The number of Topliss-reactive ketones (excluding diaryl/α,β-unsaturated/α-hetero) is 1. The largest absolute Gasteiger partial charge is 0.349 e. The minimum absolute atomic E-state index is 0.0707. The van der Waals surface area contributed by atoms with Crippen molar-refractivity contribution in [2.45, 2.75) is 19.4 Å². The van der Waals surface area contributed by atoms with Gasteiger partial charge in [-0.1, -0.05) is 6.07 Å². The molecule has 0 aliphatic heterocycles. The Labute approximate surface area is 135 Å². The van der Waals surface area contributed by atoms with Gasteiger partial charge in [-0.3, -0.25) is 19.7 Å². The second kappa shape index (κ2) is 7.10. The van der Waals surface area contributed by atoms with Gasteiger partial charge in [-0.25, -0.2) is 4.39 Å². The smallest absolute Gasteiger partial charge is 0.285 e. The number of rotatable bonds is 6. The maximum atomic E-state index is 13.1. The van der Waals surface area contributed by atoms with Crippen LogP contribution in [-0.2, 0) is 0 Å². The van der Waals surface area contributed by atoms with Gasteiger partial charge >= 0.3 is 0 Å². The molecule has 1 N–H and O–H groups in total. The molecule has 120 valence electrons. The molecule has 0 spiro atoms. The van der Waals surface area contributed by atoms with E-state index >= 15 is 0 Å². The Morgan fingerprint density at radius 2 is 2.13 bits per heavy atom. The van der Waals surface area contributed by atoms with Gasteiger partial charge in [0.2, 0.25) is 0 Å². The van der Waals surface area contributed by atoms with E-state index in [0.717, 1.165) is 12.1 Å². The van der Waals surface area contributed by atoms with E-state index in [1.807, 2.05) is 0 Å². The summed E-state index contributed by atoms with van der Waals surface area (Å²) in [4.78, 5) is 34.7. The first kappa shape index (κ1) is 16.8. The summed E-state index contributed by atoms with van der Waals surface area (Å²) >= 11 is 1.30. The van der Waals surface area contributed by atoms with Crippen molar-refractivity contribution in [1.82, 2.24) is 5.32 Å². The number of ketones is 1. The highest BCUT2D eigenvalue weighted by Crippen LogP contribution is 2.20. The van der Waals surface area contributed by atoms with Gasteiger partial charge in [-0.05, 0) is 30.5 Å². The van der Waals surface area contributed by atoms with Gasteiger partial charge in [0.15, 0.2) is 5.78 Å². The molecule has 1 amide bonds. The normalized spacial score (nSPS) is 11.7. The zero-order valence-corrected chi connectivity index (χ0v) is 12.9. The van der Waals surface area contributed by atoms with Crippen molar-refractivity contribution in [1.29, 1.82) is 0 Å². The molecule has 0 fully saturated rings. The van der Waals surface area contributed by atoms with Crippen molar-refractivity contribution in [3.05, 3.63) is 62.1 Å². The van der Waals surface area contributed by atoms with Crippen LogP contribution in [0, 0.1) is 15.9 Å². The summed E-state index contributed by atoms with van der Waals surface area (Å²) in [6, 6.07) is 5.65. The number of benzene rings is 1. The second-order valence-electron chi connectivity index (χ2n) is 4.90. The van der Waals surface area contributed by atoms with E-state index in [1.165, 1.54) is 11.3 Å². The Kier molecular flexibility index (Phi) is 5.17. The van der Waals surface area contributed by atoms with Gasteiger partial charge in [0.1, 0.15) is 11.4 Å². The van der Waals surface area contributed by atoms with E-state index in [-0.39, 0.29) is 17.8 Å². The average molecular weight is 336 g/mol. The van der Waals surface area contributed by atoms with Crippen LogP contribution in [-0.4, -0.2) is 22.7 Å². The first-order valence-electron chi connectivity index (χ1n) is 6.70. The minimum Gasteiger partial charge on any atom is -0.349 e. The molecule has 0 saturated heterocycles. The number of nitrogens with zero attached hydrogens (tertiary/aromatic N) is 1. The highest BCUT2D eigenvalue weighted by Gasteiger charge is 2.23. The lowest BCUT2D eigenvalue weighted by Crippen LogP contribution is -2.34. The van der Waals surface area contributed by atoms with Crippen LogP contribution in [0.3, 0.4) is 0 Å². The first-order valence-corrected chi connectivity index (χ1v) is 7.58. The number of amides is 1. The first-order chi connectivity index (χ1) is 10.9. The third kappa shape index (κ3) is 4.19. The molecule has 8 heteroatoms. The molecule has 1 aromatic carbocycles. The number of hydrogen-bond acceptors (Lipinski definition) is 5. The van der Waals surface area contributed by atoms with Crippen LogP contribution in [0.1, 0.15) is 33.4 Å². The number of carbonyl (C=O) groups is 2. The van der Waals surface area contributed by atoms with Crippen LogP contribution in [0.5, 0.6) is 0 Å². The number of nitro benzene ring substituents is 1. The molecule has 2 rings (SSSR count). The molecule has 0 aliphatic rings. The maximum Gasteiger partial charge on any atom is 0.285 e. The van der Waals surface area contributed by atoms with Crippen molar-refractivity contribution in [3.63, 3.8) is 0 Å². The zero-order valence-electron chi connectivity index (χ0n) is 12.1. The molecule has 0 bridgehead atoms. The Morgan fingerprint density at radius 3 is 2.74 bits per heavy atom. The van der Waals surface area contributed by atoms with Crippen LogP contribution >= 0.6 is 11.3 Å². The van der Waals surface area contributed by atoms with E-state index in [9.17, 15) is 24.1 Å². The van der Waals surface area contributed by atoms with Gasteiger partial charge in [-0.15, -0.1) is 11.3 Å².